The third-order valence-corrected chi connectivity index (χ3v) is 4.22. The molecule has 3 N–H and O–H groups in total. The summed E-state index contributed by atoms with van der Waals surface area (Å²) in [7, 11) is 0. The van der Waals surface area contributed by atoms with Crippen molar-refractivity contribution in [2.75, 3.05) is 19.8 Å². The number of nitrogens with two attached hydrogens (primary N) is 1. The Morgan fingerprint density at radius 1 is 1.33 bits per heavy atom. The minimum Gasteiger partial charge on any atom is -0.400 e. The number of aliphatic hydroxyl groups excluding tert-OH is 1. The van der Waals surface area contributed by atoms with Gasteiger partial charge in [0.1, 0.15) is 0 Å². The molecule has 5 nitrogen and oxygen atoms in total. The fraction of sp³-hybridized carbons (Fsp3) is 0.500. The number of nitrogens with zero attached hydrogens (tertiary/aromatic N) is 1. The van der Waals surface area contributed by atoms with Gasteiger partial charge in [0.05, 0.1) is 25.5 Å². The van der Waals surface area contributed by atoms with Gasteiger partial charge in [-0.3, -0.25) is 4.99 Å². The van der Waals surface area contributed by atoms with Crippen molar-refractivity contribution in [2.45, 2.75) is 38.9 Å². The normalized spacial score (nSPS) is 23.1. The van der Waals surface area contributed by atoms with Gasteiger partial charge in [-0.15, -0.1) is 0 Å². The smallest absolute Gasteiger partial charge is 0.172 e. The third-order valence-electron chi connectivity index (χ3n) is 3.98. The Hall–Kier alpha value is -1.40. The van der Waals surface area contributed by atoms with E-state index in [0.29, 0.717) is 36.8 Å². The molecule has 1 aromatic rings. The molecule has 24 heavy (non-hydrogen) atoms. The molecule has 1 aliphatic heterocycles. The fourth-order valence-electron chi connectivity index (χ4n) is 2.88. The largest absolute Gasteiger partial charge is 0.400 e. The molecule has 0 unspecified atom stereocenters. The van der Waals surface area contributed by atoms with Crippen molar-refractivity contribution in [1.82, 2.24) is 0 Å². The Bertz CT molecular complexity index is 622. The summed E-state index contributed by atoms with van der Waals surface area (Å²) in [6.07, 6.45) is 1.93. The Morgan fingerprint density at radius 3 is 2.67 bits per heavy atom. The fourth-order valence-corrected chi connectivity index (χ4v) is 3.07. The summed E-state index contributed by atoms with van der Waals surface area (Å²) in [6.45, 7) is 4.97. The number of hydrogen-bond donors (Lipinski definition) is 2. The van der Waals surface area contributed by atoms with Gasteiger partial charge >= 0.3 is 0 Å². The first-order chi connectivity index (χ1) is 11.6. The Morgan fingerprint density at radius 2 is 2.04 bits per heavy atom. The van der Waals surface area contributed by atoms with Crippen LogP contribution in [0.5, 0.6) is 0 Å². The summed E-state index contributed by atoms with van der Waals surface area (Å²) in [4.78, 5) is 4.66. The van der Waals surface area contributed by atoms with Crippen LogP contribution in [0.25, 0.3) is 0 Å². The summed E-state index contributed by atoms with van der Waals surface area (Å²) in [5.41, 5.74) is 8.85. The highest BCUT2D eigenvalue weighted by molar-refractivity contribution is 6.30. The maximum atomic E-state index is 9.41. The molecule has 0 radical (unpaired) electrons. The summed E-state index contributed by atoms with van der Waals surface area (Å²) in [5.74, 6) is -0.609. The van der Waals surface area contributed by atoms with Crippen LogP contribution in [0.3, 0.4) is 0 Å². The highest BCUT2D eigenvalue weighted by Gasteiger charge is 2.42. The van der Waals surface area contributed by atoms with E-state index in [-0.39, 0.29) is 6.61 Å². The average molecular weight is 353 g/mol. The molecule has 1 aliphatic carbocycles. The van der Waals surface area contributed by atoms with Crippen LogP contribution >= 0.6 is 11.6 Å². The molecule has 1 heterocycles. The average Bonchev–Trinajstić information content (AvgIpc) is 3.06. The molecule has 0 amide bonds. The minimum absolute atomic E-state index is 0.208. The number of halogens is 1. The number of hydrogen-bond acceptors (Lipinski definition) is 5. The van der Waals surface area contributed by atoms with Crippen molar-refractivity contribution >= 4 is 23.0 Å². The zero-order valence-electron chi connectivity index (χ0n) is 14.2. The molecule has 132 valence electrons. The van der Waals surface area contributed by atoms with Crippen molar-refractivity contribution in [3.05, 3.63) is 40.6 Å². The molecule has 0 atom stereocenters. The molecular formula is C18H25ClN2O3. The number of ether oxygens (including phenoxy) is 2. The maximum absolute atomic E-state index is 9.41. The van der Waals surface area contributed by atoms with E-state index >= 15 is 0 Å². The van der Waals surface area contributed by atoms with E-state index in [9.17, 15) is 5.11 Å². The van der Waals surface area contributed by atoms with E-state index in [1.165, 1.54) is 0 Å². The van der Waals surface area contributed by atoms with Gasteiger partial charge in [0, 0.05) is 34.8 Å². The molecule has 3 rings (SSSR count). The minimum atomic E-state index is -0.609. The second-order valence-corrected chi connectivity index (χ2v) is 5.92. The van der Waals surface area contributed by atoms with Crippen LogP contribution in [-0.2, 0) is 9.47 Å². The predicted molar refractivity (Wildman–Crippen MR) is 96.7 cm³/mol. The van der Waals surface area contributed by atoms with Crippen LogP contribution in [0.2, 0.25) is 5.02 Å². The zero-order chi connectivity index (χ0) is 17.6. The van der Waals surface area contributed by atoms with Crippen LogP contribution < -0.4 is 5.73 Å². The van der Waals surface area contributed by atoms with Gasteiger partial charge in [-0.25, -0.2) is 0 Å². The summed E-state index contributed by atoms with van der Waals surface area (Å²) in [5, 5.41) is 10.0. The molecule has 2 fully saturated rings. The zero-order valence-corrected chi connectivity index (χ0v) is 15.0. The number of aliphatic imine (C=N–C) groups is 1. The maximum Gasteiger partial charge on any atom is 0.172 e. The van der Waals surface area contributed by atoms with E-state index in [1.807, 2.05) is 26.0 Å². The van der Waals surface area contributed by atoms with Crippen LogP contribution in [0.4, 0.5) is 5.69 Å². The first-order valence-corrected chi connectivity index (χ1v) is 8.69. The number of rotatable bonds is 2. The molecule has 6 heteroatoms. The lowest BCUT2D eigenvalue weighted by molar-refractivity contribution is -0.161. The number of benzene rings is 1. The standard InChI is InChI=1S/C16H19ClN2O3.C2H6/c17-11-2-1-3-12(8-11)19-15-4-5-16(21-6-7-22-16)9-13(15)14(18)10-20;1-2/h1-3,8,20H,4-7,9-10,18H2;1-2H3/b14-13-,19-15?;. The SMILES string of the molecule is CC.N/C(CO)=C1/CC2(CCC1=Nc1cccc(Cl)c1)OCCO2. The van der Waals surface area contributed by atoms with Gasteiger partial charge < -0.3 is 20.3 Å². The van der Waals surface area contributed by atoms with Crippen molar-refractivity contribution in [2.24, 2.45) is 10.7 Å². The Balaban J connectivity index is 0.00000100. The predicted octanol–water partition coefficient (Wildman–Crippen LogP) is 3.57. The van der Waals surface area contributed by atoms with Gasteiger partial charge in [0.15, 0.2) is 5.79 Å². The molecular weight excluding hydrogens is 328 g/mol. The summed E-state index contributed by atoms with van der Waals surface area (Å²) < 4.78 is 11.5. The first kappa shape index (κ1) is 18.9. The van der Waals surface area contributed by atoms with Gasteiger partial charge in [-0.2, -0.15) is 0 Å². The van der Waals surface area contributed by atoms with Gasteiger partial charge in [-0.1, -0.05) is 31.5 Å². The third kappa shape index (κ3) is 4.36. The van der Waals surface area contributed by atoms with Crippen molar-refractivity contribution in [3.8, 4) is 0 Å². The lowest BCUT2D eigenvalue weighted by Gasteiger charge is -2.34. The first-order valence-electron chi connectivity index (χ1n) is 8.32. The van der Waals surface area contributed by atoms with E-state index in [0.717, 1.165) is 23.4 Å². The van der Waals surface area contributed by atoms with E-state index < -0.39 is 5.79 Å². The van der Waals surface area contributed by atoms with Crippen LogP contribution in [0.1, 0.15) is 33.1 Å². The van der Waals surface area contributed by atoms with Crippen LogP contribution in [0, 0.1) is 0 Å². The van der Waals surface area contributed by atoms with E-state index in [2.05, 4.69) is 4.99 Å². The molecule has 1 saturated heterocycles. The van der Waals surface area contributed by atoms with Gasteiger partial charge in [-0.05, 0) is 24.6 Å². The summed E-state index contributed by atoms with van der Waals surface area (Å²) >= 11 is 6.00. The number of aliphatic hydroxyl groups is 1. The topological polar surface area (TPSA) is 77.1 Å². The van der Waals surface area contributed by atoms with Crippen LogP contribution in [-0.4, -0.2) is 36.4 Å². The lowest BCUT2D eigenvalue weighted by atomic mass is 9.86. The molecule has 0 bridgehead atoms. The Labute approximate surface area is 148 Å². The Kier molecular flexibility index (Phi) is 6.80. The van der Waals surface area contributed by atoms with Gasteiger partial charge in [0.25, 0.3) is 0 Å². The molecule has 0 aromatic heterocycles. The van der Waals surface area contributed by atoms with E-state index in [4.69, 9.17) is 26.8 Å². The van der Waals surface area contributed by atoms with Crippen molar-refractivity contribution in [3.63, 3.8) is 0 Å². The van der Waals surface area contributed by atoms with E-state index in [1.54, 1.807) is 12.1 Å². The highest BCUT2D eigenvalue weighted by Crippen LogP contribution is 2.38. The quantitative estimate of drug-likeness (QED) is 0.853. The monoisotopic (exact) mass is 352 g/mol. The molecule has 1 spiro atoms. The molecule has 1 aromatic carbocycles. The molecule has 2 aliphatic rings. The highest BCUT2D eigenvalue weighted by atomic mass is 35.5. The second kappa shape index (κ2) is 8.62. The molecule has 1 saturated carbocycles. The van der Waals surface area contributed by atoms with Crippen molar-refractivity contribution in [1.29, 1.82) is 0 Å². The summed E-state index contributed by atoms with van der Waals surface area (Å²) in [6, 6.07) is 7.35. The second-order valence-electron chi connectivity index (χ2n) is 5.48. The van der Waals surface area contributed by atoms with Crippen LogP contribution in [0.15, 0.2) is 40.5 Å². The lowest BCUT2D eigenvalue weighted by Crippen LogP contribution is -2.38. The van der Waals surface area contributed by atoms with Gasteiger partial charge in [0.2, 0.25) is 0 Å². The van der Waals surface area contributed by atoms with Crippen molar-refractivity contribution < 1.29 is 14.6 Å².